The van der Waals surface area contributed by atoms with Crippen molar-refractivity contribution in [2.75, 3.05) is 0 Å². The van der Waals surface area contributed by atoms with Crippen molar-refractivity contribution in [2.45, 2.75) is 53.4 Å². The van der Waals surface area contributed by atoms with Crippen LogP contribution >= 0.6 is 0 Å². The third-order valence-corrected chi connectivity index (χ3v) is 2.35. The van der Waals surface area contributed by atoms with Crippen molar-refractivity contribution in [2.24, 2.45) is 0 Å². The average molecular weight is 193 g/mol. The van der Waals surface area contributed by atoms with Crippen LogP contribution in [0.2, 0.25) is 0 Å². The molecule has 0 saturated carbocycles. The highest BCUT2D eigenvalue weighted by atomic mass is 14.6. The second kappa shape index (κ2) is 7.54. The number of rotatable bonds is 3. The zero-order chi connectivity index (χ0) is 11.0. The van der Waals surface area contributed by atoms with Gasteiger partial charge in [-0.25, -0.2) is 0 Å². The summed E-state index contributed by atoms with van der Waals surface area (Å²) in [5.41, 5.74) is 2.65. The molecule has 0 N–H and O–H groups in total. The van der Waals surface area contributed by atoms with Crippen LogP contribution in [0.3, 0.4) is 0 Å². The van der Waals surface area contributed by atoms with Gasteiger partial charge in [-0.1, -0.05) is 33.8 Å². The minimum Gasteiger partial charge on any atom is -0.264 e. The van der Waals surface area contributed by atoms with Crippen molar-refractivity contribution in [1.29, 1.82) is 0 Å². The number of nitrogens with zero attached hydrogens (tertiary/aromatic N) is 1. The average Bonchev–Trinajstić information content (AvgIpc) is 2.23. The predicted octanol–water partition coefficient (Wildman–Crippen LogP) is 4.32. The van der Waals surface area contributed by atoms with Gasteiger partial charge in [0.15, 0.2) is 0 Å². The Morgan fingerprint density at radius 1 is 1.14 bits per heavy atom. The van der Waals surface area contributed by atoms with Crippen LogP contribution in [-0.4, -0.2) is 4.98 Å². The molecule has 0 radical (unpaired) electrons. The fourth-order valence-corrected chi connectivity index (χ4v) is 1.56. The van der Waals surface area contributed by atoms with Gasteiger partial charge in [-0.15, -0.1) is 0 Å². The first kappa shape index (κ1) is 13.2. The van der Waals surface area contributed by atoms with E-state index in [2.05, 4.69) is 31.8 Å². The fourth-order valence-electron chi connectivity index (χ4n) is 1.56. The molecule has 0 unspecified atom stereocenters. The van der Waals surface area contributed by atoms with Crippen LogP contribution in [0, 0.1) is 6.92 Å². The van der Waals surface area contributed by atoms with Crippen LogP contribution in [0.5, 0.6) is 0 Å². The highest BCUT2D eigenvalue weighted by molar-refractivity contribution is 5.20. The van der Waals surface area contributed by atoms with E-state index in [1.165, 1.54) is 24.0 Å². The number of aryl methyl sites for hydroxylation is 1. The smallest absolute Gasteiger partial charge is 0.0302 e. The molecule has 0 bridgehead atoms. The van der Waals surface area contributed by atoms with Gasteiger partial charge in [-0.2, -0.15) is 0 Å². The lowest BCUT2D eigenvalue weighted by molar-refractivity contribution is 0.639. The van der Waals surface area contributed by atoms with Crippen molar-refractivity contribution >= 4 is 0 Å². The van der Waals surface area contributed by atoms with Gasteiger partial charge in [-0.3, -0.25) is 4.98 Å². The summed E-state index contributed by atoms with van der Waals surface area (Å²) in [4.78, 5) is 4.20. The van der Waals surface area contributed by atoms with Crippen molar-refractivity contribution in [3.8, 4) is 0 Å². The molecule has 0 saturated heterocycles. The Morgan fingerprint density at radius 3 is 2.14 bits per heavy atom. The normalized spacial score (nSPS) is 9.57. The van der Waals surface area contributed by atoms with Crippen LogP contribution in [0.25, 0.3) is 0 Å². The quantitative estimate of drug-likeness (QED) is 0.696. The molecule has 0 aliphatic heterocycles. The van der Waals surface area contributed by atoms with E-state index in [1.807, 2.05) is 26.2 Å². The Kier molecular flexibility index (Phi) is 7.09. The van der Waals surface area contributed by atoms with E-state index in [4.69, 9.17) is 0 Å². The molecule has 0 amide bonds. The number of hydrogen-bond acceptors (Lipinski definition) is 1. The molecule has 0 aromatic carbocycles. The summed E-state index contributed by atoms with van der Waals surface area (Å²) >= 11 is 0. The minimum absolute atomic E-state index is 0.692. The van der Waals surface area contributed by atoms with Gasteiger partial charge in [0.05, 0.1) is 0 Å². The summed E-state index contributed by atoms with van der Waals surface area (Å²) in [6, 6.07) is 2.24. The highest BCUT2D eigenvalue weighted by Gasteiger charge is 2.06. The maximum absolute atomic E-state index is 4.20. The Balaban J connectivity index is 0.000000791. The van der Waals surface area contributed by atoms with E-state index in [-0.39, 0.29) is 0 Å². The largest absolute Gasteiger partial charge is 0.264 e. The summed E-state index contributed by atoms with van der Waals surface area (Å²) < 4.78 is 0. The number of aromatic nitrogens is 1. The van der Waals surface area contributed by atoms with Gasteiger partial charge >= 0.3 is 0 Å². The lowest BCUT2D eigenvalue weighted by atomic mass is 9.95. The molecule has 80 valence electrons. The predicted molar refractivity (Wildman–Crippen MR) is 63.6 cm³/mol. The Hall–Kier alpha value is -0.850. The van der Waals surface area contributed by atoms with Crippen LogP contribution < -0.4 is 0 Å². The van der Waals surface area contributed by atoms with Crippen LogP contribution in [0.15, 0.2) is 18.5 Å². The van der Waals surface area contributed by atoms with Crippen molar-refractivity contribution in [3.05, 3.63) is 29.6 Å². The first-order valence-corrected chi connectivity index (χ1v) is 5.69. The number of hydrogen-bond donors (Lipinski definition) is 0. The molecule has 1 aromatic rings. The highest BCUT2D eigenvalue weighted by Crippen LogP contribution is 2.22. The second-order valence-electron chi connectivity index (χ2n) is 3.31. The van der Waals surface area contributed by atoms with Gasteiger partial charge in [0.2, 0.25) is 0 Å². The SMILES string of the molecule is CC.CCC(CC)c1cncc(C)c1. The molecule has 1 nitrogen and oxygen atoms in total. The zero-order valence-corrected chi connectivity index (χ0v) is 10.2. The lowest BCUT2D eigenvalue weighted by Gasteiger charge is -2.12. The lowest BCUT2D eigenvalue weighted by Crippen LogP contribution is -1.96. The Bertz CT molecular complexity index is 239. The molecular formula is C13H23N. The molecule has 1 heteroatoms. The molecule has 0 fully saturated rings. The van der Waals surface area contributed by atoms with E-state index >= 15 is 0 Å². The topological polar surface area (TPSA) is 12.9 Å². The van der Waals surface area contributed by atoms with Crippen molar-refractivity contribution < 1.29 is 0 Å². The molecule has 0 spiro atoms. The fraction of sp³-hybridized carbons (Fsp3) is 0.615. The standard InChI is InChI=1S/C11H17N.C2H6/c1-4-10(5-2)11-6-9(3)7-12-8-11;1-2/h6-8,10H,4-5H2,1-3H3;1-2H3. The molecule has 1 heterocycles. The summed E-state index contributed by atoms with van der Waals surface area (Å²) in [6.07, 6.45) is 6.32. The first-order chi connectivity index (χ1) is 6.77. The second-order valence-corrected chi connectivity index (χ2v) is 3.31. The molecule has 0 atom stereocenters. The van der Waals surface area contributed by atoms with Crippen LogP contribution in [-0.2, 0) is 0 Å². The van der Waals surface area contributed by atoms with Gasteiger partial charge < -0.3 is 0 Å². The van der Waals surface area contributed by atoms with E-state index in [1.54, 1.807) is 0 Å². The Morgan fingerprint density at radius 2 is 1.71 bits per heavy atom. The van der Waals surface area contributed by atoms with Crippen LogP contribution in [0.4, 0.5) is 0 Å². The summed E-state index contributed by atoms with van der Waals surface area (Å²) in [5, 5.41) is 0. The molecule has 0 aliphatic rings. The summed E-state index contributed by atoms with van der Waals surface area (Å²) in [6.45, 7) is 10.6. The van der Waals surface area contributed by atoms with Gasteiger partial charge in [-0.05, 0) is 36.8 Å². The van der Waals surface area contributed by atoms with Gasteiger partial charge in [0, 0.05) is 12.4 Å². The van der Waals surface area contributed by atoms with Crippen molar-refractivity contribution in [1.82, 2.24) is 4.98 Å². The van der Waals surface area contributed by atoms with E-state index in [0.717, 1.165) is 0 Å². The maximum atomic E-state index is 4.20. The molecule has 1 aromatic heterocycles. The summed E-state index contributed by atoms with van der Waals surface area (Å²) in [7, 11) is 0. The number of pyridine rings is 1. The van der Waals surface area contributed by atoms with Gasteiger partial charge in [0.25, 0.3) is 0 Å². The molecule has 1 rings (SSSR count). The minimum atomic E-state index is 0.692. The third-order valence-electron chi connectivity index (χ3n) is 2.35. The van der Waals surface area contributed by atoms with E-state index in [0.29, 0.717) is 5.92 Å². The molecule has 14 heavy (non-hydrogen) atoms. The maximum Gasteiger partial charge on any atom is 0.0302 e. The third kappa shape index (κ3) is 3.91. The Labute approximate surface area is 88.6 Å². The van der Waals surface area contributed by atoms with Crippen LogP contribution in [0.1, 0.15) is 57.6 Å². The van der Waals surface area contributed by atoms with Crippen molar-refractivity contribution in [3.63, 3.8) is 0 Å². The first-order valence-electron chi connectivity index (χ1n) is 5.69. The van der Waals surface area contributed by atoms with Gasteiger partial charge in [0.1, 0.15) is 0 Å². The summed E-state index contributed by atoms with van der Waals surface area (Å²) in [5.74, 6) is 0.692. The monoisotopic (exact) mass is 193 g/mol. The zero-order valence-electron chi connectivity index (χ0n) is 10.2. The van der Waals surface area contributed by atoms with E-state index < -0.39 is 0 Å². The van der Waals surface area contributed by atoms with E-state index in [9.17, 15) is 0 Å². The molecular weight excluding hydrogens is 170 g/mol. The molecule has 0 aliphatic carbocycles.